The van der Waals surface area contributed by atoms with Crippen molar-refractivity contribution < 1.29 is 24.9 Å². The first-order valence-corrected chi connectivity index (χ1v) is 8.24. The van der Waals surface area contributed by atoms with E-state index in [-0.39, 0.29) is 22.8 Å². The summed E-state index contributed by atoms with van der Waals surface area (Å²) < 4.78 is 5.47. The molecule has 0 spiro atoms. The fourth-order valence-corrected chi connectivity index (χ4v) is 2.54. The molecule has 6 heteroatoms. The highest BCUT2D eigenvalue weighted by Gasteiger charge is 2.25. The number of amides is 1. The summed E-state index contributed by atoms with van der Waals surface area (Å²) in [6.45, 7) is 7.45. The minimum absolute atomic E-state index is 0.196. The van der Waals surface area contributed by atoms with E-state index in [4.69, 9.17) is 4.74 Å². The Hall–Kier alpha value is -3.15. The van der Waals surface area contributed by atoms with Gasteiger partial charge in [-0.2, -0.15) is 0 Å². The van der Waals surface area contributed by atoms with Crippen LogP contribution in [0.3, 0.4) is 0 Å². The van der Waals surface area contributed by atoms with Crippen LogP contribution in [0.2, 0.25) is 0 Å². The lowest BCUT2D eigenvalue weighted by Crippen LogP contribution is -2.32. The summed E-state index contributed by atoms with van der Waals surface area (Å²) in [5.41, 5.74) is 0.620. The molecule has 2 rings (SSSR count). The van der Waals surface area contributed by atoms with Crippen LogP contribution < -0.4 is 5.32 Å². The van der Waals surface area contributed by atoms with Gasteiger partial charge in [0, 0.05) is 24.2 Å². The number of benzene rings is 2. The van der Waals surface area contributed by atoms with E-state index in [1.54, 1.807) is 30.3 Å². The lowest BCUT2D eigenvalue weighted by molar-refractivity contribution is 0.0336. The molecule has 138 valence electrons. The van der Waals surface area contributed by atoms with Crippen molar-refractivity contribution in [3.8, 4) is 28.4 Å². The van der Waals surface area contributed by atoms with Crippen LogP contribution in [0.1, 0.15) is 26.7 Å². The van der Waals surface area contributed by atoms with E-state index < -0.39 is 11.7 Å². The number of aromatic hydroxyl groups is 3. The van der Waals surface area contributed by atoms with Gasteiger partial charge in [0.05, 0.1) is 5.56 Å². The van der Waals surface area contributed by atoms with E-state index in [1.165, 1.54) is 0 Å². The number of hydrogen-bond acceptors (Lipinski definition) is 5. The maximum absolute atomic E-state index is 12.1. The van der Waals surface area contributed by atoms with Crippen LogP contribution in [0.25, 0.3) is 11.1 Å². The molecule has 0 saturated carbocycles. The molecule has 0 aliphatic carbocycles. The van der Waals surface area contributed by atoms with Crippen LogP contribution in [-0.4, -0.2) is 27.0 Å². The largest absolute Gasteiger partial charge is 0.508 e. The molecular weight excluding hydrogens is 334 g/mol. The SMILES string of the molecule is C=CCC(C)(CC)OC(=O)Nc1ccc(-c2c(O)cc(O)cc2O)cc1. The van der Waals surface area contributed by atoms with Crippen molar-refractivity contribution in [1.82, 2.24) is 0 Å². The van der Waals surface area contributed by atoms with Crippen LogP contribution in [0.5, 0.6) is 17.2 Å². The monoisotopic (exact) mass is 357 g/mol. The second-order valence-electron chi connectivity index (χ2n) is 6.25. The molecule has 0 aliphatic rings. The molecule has 1 unspecified atom stereocenters. The van der Waals surface area contributed by atoms with E-state index in [2.05, 4.69) is 11.9 Å². The van der Waals surface area contributed by atoms with E-state index in [1.807, 2.05) is 13.8 Å². The summed E-state index contributed by atoms with van der Waals surface area (Å²) in [7, 11) is 0. The van der Waals surface area contributed by atoms with Crippen LogP contribution in [-0.2, 0) is 4.74 Å². The minimum atomic E-state index is -0.616. The van der Waals surface area contributed by atoms with Gasteiger partial charge >= 0.3 is 6.09 Å². The summed E-state index contributed by atoms with van der Waals surface area (Å²) in [6.07, 6.45) is 2.35. The van der Waals surface area contributed by atoms with Crippen molar-refractivity contribution in [1.29, 1.82) is 0 Å². The summed E-state index contributed by atoms with van der Waals surface area (Å²) in [5.74, 6) is -0.722. The summed E-state index contributed by atoms with van der Waals surface area (Å²) in [5, 5.41) is 31.9. The van der Waals surface area contributed by atoms with Crippen LogP contribution in [0.4, 0.5) is 10.5 Å². The van der Waals surface area contributed by atoms with Gasteiger partial charge in [0.15, 0.2) is 0 Å². The zero-order valence-corrected chi connectivity index (χ0v) is 14.8. The highest BCUT2D eigenvalue weighted by atomic mass is 16.6. The average Bonchev–Trinajstić information content (AvgIpc) is 2.55. The second-order valence-corrected chi connectivity index (χ2v) is 6.25. The van der Waals surface area contributed by atoms with E-state index in [0.29, 0.717) is 24.1 Å². The number of anilines is 1. The van der Waals surface area contributed by atoms with Crippen molar-refractivity contribution in [3.05, 3.63) is 49.1 Å². The van der Waals surface area contributed by atoms with Crippen LogP contribution in [0, 0.1) is 0 Å². The van der Waals surface area contributed by atoms with Gasteiger partial charge in [0.25, 0.3) is 0 Å². The Morgan fingerprint density at radius 3 is 2.27 bits per heavy atom. The first-order valence-electron chi connectivity index (χ1n) is 8.24. The molecule has 2 aromatic rings. The molecule has 0 heterocycles. The molecule has 2 aromatic carbocycles. The second kappa shape index (κ2) is 7.82. The number of phenols is 3. The summed E-state index contributed by atoms with van der Waals surface area (Å²) in [4.78, 5) is 12.1. The Balaban J connectivity index is 2.13. The van der Waals surface area contributed by atoms with Crippen molar-refractivity contribution >= 4 is 11.8 Å². The molecule has 4 N–H and O–H groups in total. The van der Waals surface area contributed by atoms with Crippen LogP contribution in [0.15, 0.2) is 49.1 Å². The molecule has 0 aliphatic heterocycles. The predicted molar refractivity (Wildman–Crippen MR) is 100 cm³/mol. The first-order chi connectivity index (χ1) is 12.3. The van der Waals surface area contributed by atoms with Gasteiger partial charge in [-0.1, -0.05) is 25.1 Å². The standard InChI is InChI=1S/C20H23NO5/c1-4-10-20(3,5-2)26-19(25)21-14-8-6-13(7-9-14)18-16(23)11-15(22)12-17(18)24/h4,6-9,11-12,22-24H,1,5,10H2,2-3H3,(H,21,25). The van der Waals surface area contributed by atoms with Gasteiger partial charge in [-0.05, 0) is 31.0 Å². The minimum Gasteiger partial charge on any atom is -0.508 e. The molecule has 26 heavy (non-hydrogen) atoms. The Kier molecular flexibility index (Phi) is 5.77. The number of hydrogen-bond donors (Lipinski definition) is 4. The maximum atomic E-state index is 12.1. The van der Waals surface area contributed by atoms with Gasteiger partial charge < -0.3 is 20.1 Å². The van der Waals surface area contributed by atoms with Crippen LogP contribution >= 0.6 is 0 Å². The van der Waals surface area contributed by atoms with Crippen molar-refractivity contribution in [2.24, 2.45) is 0 Å². The third-order valence-corrected chi connectivity index (χ3v) is 4.16. The molecule has 0 saturated heterocycles. The molecule has 6 nitrogen and oxygen atoms in total. The average molecular weight is 357 g/mol. The number of nitrogens with one attached hydrogen (secondary N) is 1. The number of ether oxygens (including phenoxy) is 1. The summed E-state index contributed by atoms with van der Waals surface area (Å²) in [6, 6.07) is 8.79. The van der Waals surface area contributed by atoms with Gasteiger partial charge in [0.1, 0.15) is 22.8 Å². The van der Waals surface area contributed by atoms with Crippen molar-refractivity contribution in [2.75, 3.05) is 5.32 Å². The quantitative estimate of drug-likeness (QED) is 0.559. The Morgan fingerprint density at radius 2 is 1.77 bits per heavy atom. The molecule has 0 fully saturated rings. The lowest BCUT2D eigenvalue weighted by Gasteiger charge is -2.27. The normalized spacial score (nSPS) is 12.8. The molecular formula is C20H23NO5. The molecule has 1 amide bonds. The zero-order chi connectivity index (χ0) is 19.3. The first kappa shape index (κ1) is 19.2. The smallest absolute Gasteiger partial charge is 0.412 e. The van der Waals surface area contributed by atoms with E-state index in [0.717, 1.165) is 12.1 Å². The van der Waals surface area contributed by atoms with Gasteiger partial charge in [-0.3, -0.25) is 5.32 Å². The van der Waals surface area contributed by atoms with Crippen molar-refractivity contribution in [2.45, 2.75) is 32.3 Å². The van der Waals surface area contributed by atoms with Gasteiger partial charge in [-0.25, -0.2) is 4.79 Å². The van der Waals surface area contributed by atoms with Crippen molar-refractivity contribution in [3.63, 3.8) is 0 Å². The molecule has 0 radical (unpaired) electrons. The number of carbonyl (C=O) groups excluding carboxylic acids is 1. The Morgan fingerprint density at radius 1 is 1.19 bits per heavy atom. The highest BCUT2D eigenvalue weighted by molar-refractivity contribution is 5.86. The number of carbonyl (C=O) groups is 1. The summed E-state index contributed by atoms with van der Waals surface area (Å²) >= 11 is 0. The third-order valence-electron chi connectivity index (χ3n) is 4.16. The maximum Gasteiger partial charge on any atom is 0.412 e. The van der Waals surface area contributed by atoms with E-state index in [9.17, 15) is 20.1 Å². The number of rotatable bonds is 6. The molecule has 0 bridgehead atoms. The Labute approximate surface area is 152 Å². The lowest BCUT2D eigenvalue weighted by atomic mass is 9.99. The Bertz CT molecular complexity index is 777. The predicted octanol–water partition coefficient (Wildman–Crippen LogP) is 4.76. The fraction of sp³-hybridized carbons (Fsp3) is 0.250. The molecule has 1 atom stereocenters. The zero-order valence-electron chi connectivity index (χ0n) is 14.8. The van der Waals surface area contributed by atoms with Gasteiger partial charge in [-0.15, -0.1) is 6.58 Å². The molecule has 0 aromatic heterocycles. The third kappa shape index (κ3) is 4.47. The fourth-order valence-electron chi connectivity index (χ4n) is 2.54. The van der Waals surface area contributed by atoms with Gasteiger partial charge in [0.2, 0.25) is 0 Å². The topological polar surface area (TPSA) is 99.0 Å². The van der Waals surface area contributed by atoms with E-state index >= 15 is 0 Å². The highest BCUT2D eigenvalue weighted by Crippen LogP contribution is 2.40. The number of phenolic OH excluding ortho intramolecular Hbond substituents is 3.